The number of nitrogens with one attached hydrogen (secondary N) is 1. The molecule has 0 spiro atoms. The molecular weight excluding hydrogens is 198 g/mol. The SMILES string of the molecule is CCc1ccccc1NC(N)=NCC(C)C. The van der Waals surface area contributed by atoms with Crippen molar-refractivity contribution in [1.82, 2.24) is 0 Å². The van der Waals surface area contributed by atoms with Gasteiger partial charge >= 0.3 is 0 Å². The molecule has 1 rings (SSSR count). The second-order valence-corrected chi connectivity index (χ2v) is 4.26. The molecule has 3 N–H and O–H groups in total. The Labute approximate surface area is 97.8 Å². The van der Waals surface area contributed by atoms with Gasteiger partial charge in [-0.05, 0) is 24.0 Å². The van der Waals surface area contributed by atoms with Gasteiger partial charge in [-0.2, -0.15) is 0 Å². The Morgan fingerprint density at radius 2 is 2.06 bits per heavy atom. The van der Waals surface area contributed by atoms with E-state index >= 15 is 0 Å². The van der Waals surface area contributed by atoms with Gasteiger partial charge in [0.25, 0.3) is 0 Å². The lowest BCUT2D eigenvalue weighted by molar-refractivity contribution is 0.665. The lowest BCUT2D eigenvalue weighted by atomic mass is 10.1. The number of anilines is 1. The van der Waals surface area contributed by atoms with E-state index in [4.69, 9.17) is 5.73 Å². The summed E-state index contributed by atoms with van der Waals surface area (Å²) in [6.07, 6.45) is 0.987. The Kier molecular flexibility index (Phi) is 4.83. The van der Waals surface area contributed by atoms with Gasteiger partial charge in [-0.15, -0.1) is 0 Å². The highest BCUT2D eigenvalue weighted by Gasteiger charge is 2.00. The van der Waals surface area contributed by atoms with E-state index in [9.17, 15) is 0 Å². The van der Waals surface area contributed by atoms with E-state index in [2.05, 4.69) is 37.1 Å². The fourth-order valence-electron chi connectivity index (χ4n) is 1.41. The van der Waals surface area contributed by atoms with Gasteiger partial charge in [-0.25, -0.2) is 0 Å². The van der Waals surface area contributed by atoms with Crippen LogP contribution in [0.5, 0.6) is 0 Å². The van der Waals surface area contributed by atoms with E-state index in [1.807, 2.05) is 18.2 Å². The second-order valence-electron chi connectivity index (χ2n) is 4.26. The highest BCUT2D eigenvalue weighted by Crippen LogP contribution is 2.14. The van der Waals surface area contributed by atoms with Crippen molar-refractivity contribution in [2.45, 2.75) is 27.2 Å². The van der Waals surface area contributed by atoms with Crippen molar-refractivity contribution in [2.75, 3.05) is 11.9 Å². The molecule has 3 nitrogen and oxygen atoms in total. The molecule has 0 radical (unpaired) electrons. The summed E-state index contributed by atoms with van der Waals surface area (Å²) in [5, 5.41) is 3.14. The molecule has 0 fully saturated rings. The van der Waals surface area contributed by atoms with Gasteiger partial charge in [-0.3, -0.25) is 4.99 Å². The van der Waals surface area contributed by atoms with Gasteiger partial charge in [0, 0.05) is 12.2 Å². The molecule has 0 aliphatic heterocycles. The Morgan fingerprint density at radius 1 is 1.38 bits per heavy atom. The number of hydrogen-bond acceptors (Lipinski definition) is 1. The molecule has 0 saturated carbocycles. The first-order chi connectivity index (χ1) is 7.63. The molecule has 0 atom stereocenters. The van der Waals surface area contributed by atoms with Crippen LogP contribution in [0.25, 0.3) is 0 Å². The Morgan fingerprint density at radius 3 is 2.69 bits per heavy atom. The minimum Gasteiger partial charge on any atom is -0.370 e. The van der Waals surface area contributed by atoms with Crippen LogP contribution < -0.4 is 11.1 Å². The lowest BCUT2D eigenvalue weighted by Gasteiger charge is -2.10. The highest BCUT2D eigenvalue weighted by atomic mass is 15.1. The zero-order chi connectivity index (χ0) is 12.0. The first-order valence-electron chi connectivity index (χ1n) is 5.78. The third kappa shape index (κ3) is 3.93. The first kappa shape index (κ1) is 12.6. The Balaban J connectivity index is 2.68. The number of aliphatic imine (C=N–C) groups is 1. The molecule has 0 aliphatic carbocycles. The van der Waals surface area contributed by atoms with Crippen LogP contribution in [0, 0.1) is 5.92 Å². The van der Waals surface area contributed by atoms with E-state index in [1.54, 1.807) is 0 Å². The van der Waals surface area contributed by atoms with Crippen LogP contribution in [0.3, 0.4) is 0 Å². The highest BCUT2D eigenvalue weighted by molar-refractivity contribution is 5.92. The number of nitrogens with zero attached hydrogens (tertiary/aromatic N) is 1. The number of nitrogens with two attached hydrogens (primary N) is 1. The van der Waals surface area contributed by atoms with Crippen LogP contribution in [0.15, 0.2) is 29.3 Å². The normalized spacial score (nSPS) is 11.9. The predicted molar refractivity (Wildman–Crippen MR) is 70.8 cm³/mol. The minimum absolute atomic E-state index is 0.495. The van der Waals surface area contributed by atoms with Gasteiger partial charge in [0.15, 0.2) is 5.96 Å². The molecule has 88 valence electrons. The Hall–Kier alpha value is -1.51. The summed E-state index contributed by atoms with van der Waals surface area (Å²) >= 11 is 0. The maximum absolute atomic E-state index is 5.82. The molecule has 0 unspecified atom stereocenters. The molecule has 0 heterocycles. The molecule has 3 heteroatoms. The monoisotopic (exact) mass is 219 g/mol. The van der Waals surface area contributed by atoms with Crippen LogP contribution in [0.2, 0.25) is 0 Å². The van der Waals surface area contributed by atoms with Crippen LogP contribution >= 0.6 is 0 Å². The smallest absolute Gasteiger partial charge is 0.193 e. The van der Waals surface area contributed by atoms with Crippen molar-refractivity contribution in [2.24, 2.45) is 16.6 Å². The van der Waals surface area contributed by atoms with Crippen molar-refractivity contribution in [3.63, 3.8) is 0 Å². The molecule has 0 saturated heterocycles. The minimum atomic E-state index is 0.495. The molecule has 1 aromatic carbocycles. The zero-order valence-electron chi connectivity index (χ0n) is 10.3. The molecule has 0 bridgehead atoms. The van der Waals surface area contributed by atoms with Crippen molar-refractivity contribution in [3.8, 4) is 0 Å². The summed E-state index contributed by atoms with van der Waals surface area (Å²) in [5.74, 6) is 1.02. The maximum Gasteiger partial charge on any atom is 0.193 e. The van der Waals surface area contributed by atoms with Gasteiger partial charge in [0.2, 0.25) is 0 Å². The average molecular weight is 219 g/mol. The van der Waals surface area contributed by atoms with Crippen LogP contribution in [0.1, 0.15) is 26.3 Å². The van der Waals surface area contributed by atoms with Gasteiger partial charge in [0.1, 0.15) is 0 Å². The molecule has 0 aliphatic rings. The Bertz CT molecular complexity index is 356. The standard InChI is InChI=1S/C13H21N3/c1-4-11-7-5-6-8-12(11)16-13(14)15-9-10(2)3/h5-8,10H,4,9H2,1-3H3,(H3,14,15,16). The van der Waals surface area contributed by atoms with E-state index in [0.29, 0.717) is 11.9 Å². The maximum atomic E-state index is 5.82. The number of hydrogen-bond donors (Lipinski definition) is 2. The van der Waals surface area contributed by atoms with E-state index in [1.165, 1.54) is 5.56 Å². The molecule has 0 aromatic heterocycles. The topological polar surface area (TPSA) is 50.4 Å². The zero-order valence-corrected chi connectivity index (χ0v) is 10.3. The summed E-state index contributed by atoms with van der Waals surface area (Å²) in [4.78, 5) is 4.28. The summed E-state index contributed by atoms with van der Waals surface area (Å²) in [5.41, 5.74) is 8.12. The van der Waals surface area contributed by atoms with E-state index < -0.39 is 0 Å². The fourth-order valence-corrected chi connectivity index (χ4v) is 1.41. The first-order valence-corrected chi connectivity index (χ1v) is 5.78. The summed E-state index contributed by atoms with van der Waals surface area (Å²) < 4.78 is 0. The van der Waals surface area contributed by atoms with Gasteiger partial charge in [0.05, 0.1) is 0 Å². The fraction of sp³-hybridized carbons (Fsp3) is 0.462. The molecule has 1 aromatic rings. The predicted octanol–water partition coefficient (Wildman–Crippen LogP) is 2.63. The third-order valence-corrected chi connectivity index (χ3v) is 2.29. The second kappa shape index (κ2) is 6.16. The van der Waals surface area contributed by atoms with Crippen LogP contribution in [-0.4, -0.2) is 12.5 Å². The van der Waals surface area contributed by atoms with Crippen LogP contribution in [-0.2, 0) is 6.42 Å². The number of rotatable bonds is 4. The summed E-state index contributed by atoms with van der Waals surface area (Å²) in [6.45, 7) is 7.13. The third-order valence-electron chi connectivity index (χ3n) is 2.29. The average Bonchev–Trinajstić information content (AvgIpc) is 2.27. The molecular formula is C13H21N3. The molecule has 16 heavy (non-hydrogen) atoms. The molecule has 0 amide bonds. The van der Waals surface area contributed by atoms with Crippen molar-refractivity contribution in [3.05, 3.63) is 29.8 Å². The summed E-state index contributed by atoms with van der Waals surface area (Å²) in [7, 11) is 0. The van der Waals surface area contributed by atoms with Crippen LogP contribution in [0.4, 0.5) is 5.69 Å². The van der Waals surface area contributed by atoms with Crippen molar-refractivity contribution >= 4 is 11.6 Å². The van der Waals surface area contributed by atoms with Crippen molar-refractivity contribution < 1.29 is 0 Å². The van der Waals surface area contributed by atoms with E-state index in [-0.39, 0.29) is 0 Å². The lowest BCUT2D eigenvalue weighted by Crippen LogP contribution is -2.24. The van der Waals surface area contributed by atoms with Crippen molar-refractivity contribution in [1.29, 1.82) is 0 Å². The van der Waals surface area contributed by atoms with E-state index in [0.717, 1.165) is 18.7 Å². The number of para-hydroxylation sites is 1. The van der Waals surface area contributed by atoms with Gasteiger partial charge < -0.3 is 11.1 Å². The summed E-state index contributed by atoms with van der Waals surface area (Å²) in [6, 6.07) is 8.15. The number of guanidine groups is 1. The van der Waals surface area contributed by atoms with Gasteiger partial charge in [-0.1, -0.05) is 39.0 Å². The number of aryl methyl sites for hydroxylation is 1. The number of benzene rings is 1. The largest absolute Gasteiger partial charge is 0.370 e. The quantitative estimate of drug-likeness (QED) is 0.604.